The summed E-state index contributed by atoms with van der Waals surface area (Å²) in [5, 5.41) is 3.17. The Morgan fingerprint density at radius 1 is 0.938 bits per heavy atom. The number of nitrogens with zero attached hydrogens (tertiary/aromatic N) is 1. The molecule has 0 radical (unpaired) electrons. The van der Waals surface area contributed by atoms with Gasteiger partial charge in [-0.25, -0.2) is 0 Å². The molecule has 3 aromatic rings. The predicted molar refractivity (Wildman–Crippen MR) is 127 cm³/mol. The van der Waals surface area contributed by atoms with Crippen molar-refractivity contribution in [1.29, 1.82) is 0 Å². The number of amides is 1. The second-order valence-electron chi connectivity index (χ2n) is 8.41. The topological polar surface area (TPSA) is 67.6 Å². The maximum absolute atomic E-state index is 12.9. The van der Waals surface area contributed by atoms with Crippen molar-refractivity contribution < 1.29 is 9.53 Å². The highest BCUT2D eigenvalue weighted by Gasteiger charge is 2.26. The number of benzene rings is 3. The van der Waals surface area contributed by atoms with Gasteiger partial charge in [-0.3, -0.25) is 9.69 Å². The van der Waals surface area contributed by atoms with Crippen LogP contribution in [0, 0.1) is 0 Å². The Morgan fingerprint density at radius 2 is 1.59 bits per heavy atom. The standard InChI is InChI=1S/C27H31N3O2/c28-25-12-7-17-30(18-21-8-3-1-4-9-21)19-26(25)29-27(31)23-13-15-24(16-14-23)32-20-22-10-5-2-6-11-22/h1-6,8-11,13-16,25-26H,7,12,17-20,28H2,(H,29,31). The summed E-state index contributed by atoms with van der Waals surface area (Å²) in [6.07, 6.45) is 1.94. The zero-order valence-corrected chi connectivity index (χ0v) is 18.3. The van der Waals surface area contributed by atoms with Crippen LogP contribution in [0.1, 0.15) is 34.3 Å². The minimum Gasteiger partial charge on any atom is -0.489 e. The van der Waals surface area contributed by atoms with Crippen LogP contribution >= 0.6 is 0 Å². The van der Waals surface area contributed by atoms with Gasteiger partial charge in [0.1, 0.15) is 12.4 Å². The molecule has 0 aliphatic carbocycles. The van der Waals surface area contributed by atoms with E-state index in [1.807, 2.05) is 48.5 Å². The number of likely N-dealkylation sites (tertiary alicyclic amines) is 1. The number of hydrogen-bond donors (Lipinski definition) is 2. The van der Waals surface area contributed by atoms with E-state index in [0.717, 1.165) is 43.8 Å². The fourth-order valence-electron chi connectivity index (χ4n) is 4.09. The van der Waals surface area contributed by atoms with Gasteiger partial charge in [0.2, 0.25) is 0 Å². The first-order valence-electron chi connectivity index (χ1n) is 11.3. The van der Waals surface area contributed by atoms with Crippen LogP contribution in [0.25, 0.3) is 0 Å². The van der Waals surface area contributed by atoms with E-state index >= 15 is 0 Å². The molecule has 4 rings (SSSR count). The summed E-state index contributed by atoms with van der Waals surface area (Å²) in [6.45, 7) is 3.11. The Kier molecular flexibility index (Phi) is 7.54. The van der Waals surface area contributed by atoms with Gasteiger partial charge in [0.05, 0.1) is 6.04 Å². The molecule has 0 spiro atoms. The largest absolute Gasteiger partial charge is 0.489 e. The number of rotatable bonds is 7. The summed E-state index contributed by atoms with van der Waals surface area (Å²) in [5.41, 5.74) is 9.42. The lowest BCUT2D eigenvalue weighted by Gasteiger charge is -2.27. The average molecular weight is 430 g/mol. The number of carbonyl (C=O) groups is 1. The summed E-state index contributed by atoms with van der Waals surface area (Å²) in [6, 6.07) is 27.6. The van der Waals surface area contributed by atoms with Gasteiger partial charge in [-0.2, -0.15) is 0 Å². The van der Waals surface area contributed by atoms with Crippen LogP contribution in [0.3, 0.4) is 0 Å². The second kappa shape index (κ2) is 10.9. The van der Waals surface area contributed by atoms with E-state index < -0.39 is 0 Å². The molecule has 1 aliphatic heterocycles. The van der Waals surface area contributed by atoms with E-state index in [1.54, 1.807) is 12.1 Å². The lowest BCUT2D eigenvalue weighted by Crippen LogP contribution is -2.51. The third-order valence-electron chi connectivity index (χ3n) is 5.91. The van der Waals surface area contributed by atoms with Crippen LogP contribution < -0.4 is 15.8 Å². The highest BCUT2D eigenvalue weighted by atomic mass is 16.5. The molecule has 0 saturated carbocycles. The van der Waals surface area contributed by atoms with E-state index in [0.29, 0.717) is 12.2 Å². The van der Waals surface area contributed by atoms with E-state index in [2.05, 4.69) is 34.5 Å². The molecular weight excluding hydrogens is 398 g/mol. The molecule has 3 aromatic carbocycles. The van der Waals surface area contributed by atoms with Gasteiger partial charge >= 0.3 is 0 Å². The Morgan fingerprint density at radius 3 is 2.28 bits per heavy atom. The Bertz CT molecular complexity index is 977. The Hall–Kier alpha value is -3.15. The molecule has 5 nitrogen and oxygen atoms in total. The zero-order chi connectivity index (χ0) is 22.2. The maximum atomic E-state index is 12.9. The summed E-state index contributed by atoms with van der Waals surface area (Å²) in [5.74, 6) is 0.646. The van der Waals surface area contributed by atoms with Gasteiger partial charge in [-0.05, 0) is 54.8 Å². The third kappa shape index (κ3) is 6.19. The molecule has 2 atom stereocenters. The quantitative estimate of drug-likeness (QED) is 0.596. The van der Waals surface area contributed by atoms with Gasteiger partial charge in [-0.15, -0.1) is 0 Å². The average Bonchev–Trinajstić information content (AvgIpc) is 3.00. The molecule has 1 aliphatic rings. The van der Waals surface area contributed by atoms with Gasteiger partial charge in [0.25, 0.3) is 5.91 Å². The van der Waals surface area contributed by atoms with Crippen LogP contribution in [0.2, 0.25) is 0 Å². The fourth-order valence-corrected chi connectivity index (χ4v) is 4.09. The molecule has 32 heavy (non-hydrogen) atoms. The fraction of sp³-hybridized carbons (Fsp3) is 0.296. The predicted octanol–water partition coefficient (Wildman–Crippen LogP) is 3.99. The van der Waals surface area contributed by atoms with Crippen molar-refractivity contribution in [3.63, 3.8) is 0 Å². The van der Waals surface area contributed by atoms with Crippen molar-refractivity contribution in [2.45, 2.75) is 38.1 Å². The third-order valence-corrected chi connectivity index (χ3v) is 5.91. The molecule has 166 valence electrons. The Labute approximate surface area is 190 Å². The smallest absolute Gasteiger partial charge is 0.251 e. The molecule has 1 amide bonds. The molecule has 2 unspecified atom stereocenters. The van der Waals surface area contributed by atoms with Gasteiger partial charge in [0.15, 0.2) is 0 Å². The Balaban J connectivity index is 1.33. The number of hydrogen-bond acceptors (Lipinski definition) is 4. The minimum atomic E-state index is -0.0957. The second-order valence-corrected chi connectivity index (χ2v) is 8.41. The van der Waals surface area contributed by atoms with Crippen LogP contribution in [0.5, 0.6) is 5.75 Å². The lowest BCUT2D eigenvalue weighted by atomic mass is 10.0. The highest BCUT2D eigenvalue weighted by Crippen LogP contribution is 2.17. The van der Waals surface area contributed by atoms with Crippen molar-refractivity contribution in [2.24, 2.45) is 5.73 Å². The van der Waals surface area contributed by atoms with Gasteiger partial charge in [-0.1, -0.05) is 60.7 Å². The lowest BCUT2D eigenvalue weighted by molar-refractivity contribution is 0.0920. The zero-order valence-electron chi connectivity index (χ0n) is 18.3. The van der Waals surface area contributed by atoms with Crippen molar-refractivity contribution in [3.8, 4) is 5.75 Å². The van der Waals surface area contributed by atoms with E-state index in [1.165, 1.54) is 5.56 Å². The summed E-state index contributed by atoms with van der Waals surface area (Å²) >= 11 is 0. The normalized spacial score (nSPS) is 19.2. The molecule has 0 bridgehead atoms. The van der Waals surface area contributed by atoms with Crippen molar-refractivity contribution in [1.82, 2.24) is 10.2 Å². The van der Waals surface area contributed by atoms with Crippen molar-refractivity contribution in [2.75, 3.05) is 13.1 Å². The van der Waals surface area contributed by atoms with Crippen LogP contribution in [-0.2, 0) is 13.2 Å². The molecular formula is C27H31N3O2. The van der Waals surface area contributed by atoms with E-state index in [9.17, 15) is 4.79 Å². The van der Waals surface area contributed by atoms with E-state index in [-0.39, 0.29) is 18.0 Å². The first-order valence-corrected chi connectivity index (χ1v) is 11.3. The summed E-state index contributed by atoms with van der Waals surface area (Å²) in [4.78, 5) is 15.3. The molecule has 5 heteroatoms. The molecule has 1 heterocycles. The molecule has 3 N–H and O–H groups in total. The van der Waals surface area contributed by atoms with E-state index in [4.69, 9.17) is 10.5 Å². The molecule has 1 saturated heterocycles. The number of ether oxygens (including phenoxy) is 1. The maximum Gasteiger partial charge on any atom is 0.251 e. The SMILES string of the molecule is NC1CCCN(Cc2ccccc2)CC1NC(=O)c1ccc(OCc2ccccc2)cc1. The number of nitrogens with one attached hydrogen (secondary N) is 1. The van der Waals surface area contributed by atoms with Crippen LogP contribution in [-0.4, -0.2) is 36.0 Å². The minimum absolute atomic E-state index is 0.0480. The summed E-state index contributed by atoms with van der Waals surface area (Å²) in [7, 11) is 0. The summed E-state index contributed by atoms with van der Waals surface area (Å²) < 4.78 is 5.82. The molecule has 0 aromatic heterocycles. The monoisotopic (exact) mass is 429 g/mol. The van der Waals surface area contributed by atoms with Crippen LogP contribution in [0.15, 0.2) is 84.9 Å². The van der Waals surface area contributed by atoms with Gasteiger partial charge < -0.3 is 15.8 Å². The number of carbonyl (C=O) groups excluding carboxylic acids is 1. The van der Waals surface area contributed by atoms with Crippen LogP contribution in [0.4, 0.5) is 0 Å². The van der Waals surface area contributed by atoms with Crippen molar-refractivity contribution in [3.05, 3.63) is 102 Å². The highest BCUT2D eigenvalue weighted by molar-refractivity contribution is 5.94. The van der Waals surface area contributed by atoms with Crippen molar-refractivity contribution >= 4 is 5.91 Å². The molecule has 1 fully saturated rings. The first-order chi connectivity index (χ1) is 15.7. The van der Waals surface area contributed by atoms with Gasteiger partial charge in [0, 0.05) is 24.7 Å². The first kappa shape index (κ1) is 22.1. The number of nitrogens with two attached hydrogens (primary N) is 1.